The molecule has 1 aliphatic heterocycles. The van der Waals surface area contributed by atoms with Crippen LogP contribution in [0, 0.1) is 5.92 Å². The number of rotatable bonds is 5. The molecule has 7 heteroatoms. The third kappa shape index (κ3) is 3.42. The van der Waals surface area contributed by atoms with Gasteiger partial charge in [0.1, 0.15) is 0 Å². The number of hydrogen-bond acceptors (Lipinski definition) is 6. The maximum absolute atomic E-state index is 10.4. The summed E-state index contributed by atoms with van der Waals surface area (Å²) in [7, 11) is 0. The molecule has 7 nitrogen and oxygen atoms in total. The quantitative estimate of drug-likeness (QED) is 0.709. The first kappa shape index (κ1) is 15.5. The molecule has 0 bridgehead atoms. The van der Waals surface area contributed by atoms with Crippen molar-refractivity contribution in [3.8, 4) is 0 Å². The lowest BCUT2D eigenvalue weighted by Crippen LogP contribution is -2.47. The lowest BCUT2D eigenvalue weighted by molar-refractivity contribution is 0.00271. The fraction of sp³-hybridized carbons (Fsp3) is 0.875. The van der Waals surface area contributed by atoms with Gasteiger partial charge < -0.3 is 20.3 Å². The molecular formula is C16H26N4O3. The lowest BCUT2D eigenvalue weighted by Gasteiger charge is -2.28. The maximum Gasteiger partial charge on any atom is 0.0955 e. The molecule has 3 fully saturated rings. The zero-order valence-corrected chi connectivity index (χ0v) is 13.3. The van der Waals surface area contributed by atoms with Crippen LogP contribution < -0.4 is 5.32 Å². The van der Waals surface area contributed by atoms with Crippen LogP contribution in [-0.4, -0.2) is 62.7 Å². The van der Waals surface area contributed by atoms with Crippen molar-refractivity contribution in [1.29, 1.82) is 0 Å². The van der Waals surface area contributed by atoms with E-state index in [2.05, 4.69) is 15.6 Å². The molecular weight excluding hydrogens is 296 g/mol. The van der Waals surface area contributed by atoms with E-state index in [1.165, 1.54) is 12.8 Å². The van der Waals surface area contributed by atoms with Gasteiger partial charge in [-0.05, 0) is 32.1 Å². The molecule has 4 rings (SSSR count). The van der Waals surface area contributed by atoms with Crippen LogP contribution in [0.4, 0.5) is 0 Å². The molecule has 4 atom stereocenters. The Hall–Kier alpha value is -1.02. The van der Waals surface area contributed by atoms with Crippen molar-refractivity contribution < 1.29 is 14.9 Å². The van der Waals surface area contributed by atoms with Crippen LogP contribution in [0.25, 0.3) is 0 Å². The SMILES string of the molecule is OC1C(Cn2cc(C3CC3)nn2)CC(NC2CCOCC2)C1O. The molecule has 128 valence electrons. The first-order valence-corrected chi connectivity index (χ1v) is 8.80. The van der Waals surface area contributed by atoms with Crippen molar-refractivity contribution in [1.82, 2.24) is 20.3 Å². The third-order valence-corrected chi connectivity index (χ3v) is 5.45. The molecule has 1 aromatic rings. The van der Waals surface area contributed by atoms with Gasteiger partial charge in [-0.1, -0.05) is 5.21 Å². The summed E-state index contributed by atoms with van der Waals surface area (Å²) in [4.78, 5) is 0. The average Bonchev–Trinajstić information content (AvgIpc) is 3.27. The molecule has 23 heavy (non-hydrogen) atoms. The van der Waals surface area contributed by atoms with Gasteiger partial charge in [-0.3, -0.25) is 4.68 Å². The normalized spacial score (nSPS) is 35.7. The predicted molar refractivity (Wildman–Crippen MR) is 82.9 cm³/mol. The Bertz CT molecular complexity index is 527. The highest BCUT2D eigenvalue weighted by Crippen LogP contribution is 2.38. The summed E-state index contributed by atoms with van der Waals surface area (Å²) in [6.07, 6.45) is 5.69. The standard InChI is InChI=1S/C16H26N4O3/c21-15-11(8-20-9-14(18-19-20)10-1-2-10)7-13(16(15)22)17-12-3-5-23-6-4-12/h9-13,15-17,21-22H,1-8H2. The minimum Gasteiger partial charge on any atom is -0.390 e. The van der Waals surface area contributed by atoms with E-state index in [0.717, 1.165) is 38.2 Å². The second kappa shape index (κ2) is 6.47. The Kier molecular flexibility index (Phi) is 4.36. The number of aliphatic hydroxyl groups is 2. The van der Waals surface area contributed by atoms with Crippen LogP contribution in [0.15, 0.2) is 6.20 Å². The summed E-state index contributed by atoms with van der Waals surface area (Å²) in [5.41, 5.74) is 1.06. The van der Waals surface area contributed by atoms with E-state index in [9.17, 15) is 10.2 Å². The summed E-state index contributed by atoms with van der Waals surface area (Å²) in [6, 6.07) is 0.326. The van der Waals surface area contributed by atoms with Crippen LogP contribution in [0.5, 0.6) is 0 Å². The van der Waals surface area contributed by atoms with Gasteiger partial charge in [0.2, 0.25) is 0 Å². The average molecular weight is 322 g/mol. The number of ether oxygens (including phenoxy) is 1. The highest BCUT2D eigenvalue weighted by molar-refractivity contribution is 5.09. The molecule has 2 saturated carbocycles. The van der Waals surface area contributed by atoms with Gasteiger partial charge >= 0.3 is 0 Å². The molecule has 3 N–H and O–H groups in total. The minimum atomic E-state index is -0.714. The van der Waals surface area contributed by atoms with Gasteiger partial charge in [0.05, 0.1) is 17.9 Å². The van der Waals surface area contributed by atoms with Crippen LogP contribution in [0.2, 0.25) is 0 Å². The highest BCUT2D eigenvalue weighted by Gasteiger charge is 2.42. The van der Waals surface area contributed by atoms with Crippen LogP contribution in [0.3, 0.4) is 0 Å². The summed E-state index contributed by atoms with van der Waals surface area (Å²) < 4.78 is 7.19. The van der Waals surface area contributed by atoms with E-state index in [1.54, 1.807) is 0 Å². The first-order valence-electron chi connectivity index (χ1n) is 8.80. The van der Waals surface area contributed by atoms with E-state index >= 15 is 0 Å². The first-order chi connectivity index (χ1) is 11.2. The Labute approximate surface area is 136 Å². The number of aliphatic hydroxyl groups excluding tert-OH is 2. The van der Waals surface area contributed by atoms with Crippen molar-refractivity contribution in [2.75, 3.05) is 13.2 Å². The van der Waals surface area contributed by atoms with Gasteiger partial charge in [0.25, 0.3) is 0 Å². The van der Waals surface area contributed by atoms with Gasteiger partial charge in [0, 0.05) is 49.9 Å². The van der Waals surface area contributed by atoms with E-state index < -0.39 is 12.2 Å². The zero-order chi connectivity index (χ0) is 15.8. The minimum absolute atomic E-state index is 0.0103. The highest BCUT2D eigenvalue weighted by atomic mass is 16.5. The van der Waals surface area contributed by atoms with Gasteiger partial charge in [-0.15, -0.1) is 5.10 Å². The fourth-order valence-electron chi connectivity index (χ4n) is 3.85. The Balaban J connectivity index is 1.34. The van der Waals surface area contributed by atoms with E-state index in [1.807, 2.05) is 10.9 Å². The van der Waals surface area contributed by atoms with E-state index in [-0.39, 0.29) is 12.0 Å². The van der Waals surface area contributed by atoms with Crippen LogP contribution in [-0.2, 0) is 11.3 Å². The summed E-state index contributed by atoms with van der Waals surface area (Å²) >= 11 is 0. The summed E-state index contributed by atoms with van der Waals surface area (Å²) in [5, 5.41) is 32.6. The second-order valence-electron chi connectivity index (χ2n) is 7.28. The number of aromatic nitrogens is 3. The van der Waals surface area contributed by atoms with Gasteiger partial charge in [-0.2, -0.15) is 0 Å². The molecule has 1 aromatic heterocycles. The van der Waals surface area contributed by atoms with E-state index in [0.29, 0.717) is 18.5 Å². The zero-order valence-electron chi connectivity index (χ0n) is 13.3. The largest absolute Gasteiger partial charge is 0.390 e. The van der Waals surface area contributed by atoms with E-state index in [4.69, 9.17) is 4.74 Å². The topological polar surface area (TPSA) is 92.4 Å². The monoisotopic (exact) mass is 322 g/mol. The smallest absolute Gasteiger partial charge is 0.0955 e. The molecule has 0 amide bonds. The molecule has 0 radical (unpaired) electrons. The Morgan fingerprint density at radius 1 is 1.17 bits per heavy atom. The molecule has 3 aliphatic rings. The van der Waals surface area contributed by atoms with Crippen molar-refractivity contribution in [3.63, 3.8) is 0 Å². The van der Waals surface area contributed by atoms with Crippen molar-refractivity contribution in [2.24, 2.45) is 5.92 Å². The molecule has 4 unspecified atom stereocenters. The molecule has 0 aromatic carbocycles. The Morgan fingerprint density at radius 3 is 2.70 bits per heavy atom. The van der Waals surface area contributed by atoms with Crippen molar-refractivity contribution in [2.45, 2.75) is 68.9 Å². The molecule has 0 spiro atoms. The number of hydrogen-bond donors (Lipinski definition) is 3. The number of nitrogens with one attached hydrogen (secondary N) is 1. The van der Waals surface area contributed by atoms with Crippen molar-refractivity contribution >= 4 is 0 Å². The van der Waals surface area contributed by atoms with Crippen LogP contribution in [0.1, 0.15) is 43.7 Å². The van der Waals surface area contributed by atoms with Gasteiger partial charge in [0.15, 0.2) is 0 Å². The van der Waals surface area contributed by atoms with Gasteiger partial charge in [-0.25, -0.2) is 0 Å². The summed E-state index contributed by atoms with van der Waals surface area (Å²) in [6.45, 7) is 2.16. The summed E-state index contributed by atoms with van der Waals surface area (Å²) in [5.74, 6) is 0.599. The second-order valence-corrected chi connectivity index (χ2v) is 7.28. The third-order valence-electron chi connectivity index (χ3n) is 5.45. The molecule has 1 saturated heterocycles. The fourth-order valence-corrected chi connectivity index (χ4v) is 3.85. The number of nitrogens with zero attached hydrogens (tertiary/aromatic N) is 3. The van der Waals surface area contributed by atoms with Crippen molar-refractivity contribution in [3.05, 3.63) is 11.9 Å². The molecule has 2 aliphatic carbocycles. The lowest BCUT2D eigenvalue weighted by atomic mass is 10.1. The predicted octanol–water partition coefficient (Wildman–Crippen LogP) is 0.0344. The molecule has 2 heterocycles. The van der Waals surface area contributed by atoms with Crippen LogP contribution >= 0.6 is 0 Å². The Morgan fingerprint density at radius 2 is 1.96 bits per heavy atom. The maximum atomic E-state index is 10.4.